The second kappa shape index (κ2) is 17.4. The minimum atomic E-state index is -1.07. The van der Waals surface area contributed by atoms with E-state index >= 15 is 0 Å². The predicted octanol–water partition coefficient (Wildman–Crippen LogP) is 7.71. The zero-order valence-electron chi connectivity index (χ0n) is 29.4. The Kier molecular flexibility index (Phi) is 12.5. The fourth-order valence-corrected chi connectivity index (χ4v) is 6.43. The van der Waals surface area contributed by atoms with Crippen LogP contribution in [0.3, 0.4) is 0 Å². The van der Waals surface area contributed by atoms with Crippen molar-refractivity contribution >= 4 is 34.2 Å². The van der Waals surface area contributed by atoms with Crippen molar-refractivity contribution in [3.8, 4) is 5.75 Å². The van der Waals surface area contributed by atoms with Crippen molar-refractivity contribution in [3.63, 3.8) is 0 Å². The van der Waals surface area contributed by atoms with E-state index in [-0.39, 0.29) is 37.2 Å². The van der Waals surface area contributed by atoms with Gasteiger partial charge in [0, 0.05) is 24.7 Å². The van der Waals surface area contributed by atoms with Crippen LogP contribution >= 0.6 is 0 Å². The standard InChI is InChI=1S/C44H45NO6/c1-29-14-16-33(17-15-29)23-38(44(49)50)28-42(47)40(24-32-12-8-5-9-13-32)45-43(48)37(22-31-10-6-4-7-11-31)27-41(46)30(2)34-18-19-36-26-39(51-3)21-20-35(36)25-34/h4-21,25-26,30,37-38,40H,22-24,27-28H2,1-3H3,(H,45,48)(H,49,50)/t30-,37-,38-,40+/m0/s1. The molecule has 0 unspecified atom stereocenters. The number of amides is 1. The number of benzene rings is 5. The molecule has 51 heavy (non-hydrogen) atoms. The number of carboxylic acid groups (broad SMARTS) is 1. The average Bonchev–Trinajstić information content (AvgIpc) is 3.14. The molecule has 0 aliphatic heterocycles. The van der Waals surface area contributed by atoms with Crippen molar-refractivity contribution in [1.29, 1.82) is 0 Å². The number of ether oxygens (including phenoxy) is 1. The number of Topliss-reactive ketones (excluding diaryl/α,β-unsaturated/α-hetero) is 2. The summed E-state index contributed by atoms with van der Waals surface area (Å²) in [5.74, 6) is -3.35. The third-order valence-corrected chi connectivity index (χ3v) is 9.59. The minimum absolute atomic E-state index is 0.0278. The molecule has 0 radical (unpaired) electrons. The van der Waals surface area contributed by atoms with E-state index in [1.165, 1.54) is 0 Å². The van der Waals surface area contributed by atoms with Crippen LogP contribution in [0.1, 0.15) is 53.5 Å². The number of carbonyl (C=O) groups is 4. The maximum absolute atomic E-state index is 14.2. The van der Waals surface area contributed by atoms with Crippen molar-refractivity contribution < 1.29 is 29.0 Å². The largest absolute Gasteiger partial charge is 0.497 e. The van der Waals surface area contributed by atoms with E-state index in [2.05, 4.69) is 5.32 Å². The minimum Gasteiger partial charge on any atom is -0.497 e. The van der Waals surface area contributed by atoms with E-state index in [1.54, 1.807) is 7.11 Å². The molecular formula is C44H45NO6. The van der Waals surface area contributed by atoms with Gasteiger partial charge < -0.3 is 15.2 Å². The molecule has 2 N–H and O–H groups in total. The summed E-state index contributed by atoms with van der Waals surface area (Å²) in [5.41, 5.74) is 4.46. The molecule has 7 heteroatoms. The second-order valence-electron chi connectivity index (χ2n) is 13.4. The van der Waals surface area contributed by atoms with Crippen molar-refractivity contribution in [2.45, 2.75) is 57.9 Å². The van der Waals surface area contributed by atoms with Gasteiger partial charge in [0.05, 0.1) is 19.1 Å². The van der Waals surface area contributed by atoms with Crippen LogP contribution in [0.5, 0.6) is 5.75 Å². The van der Waals surface area contributed by atoms with Crippen molar-refractivity contribution in [2.75, 3.05) is 7.11 Å². The number of aliphatic carboxylic acids is 1. The van der Waals surface area contributed by atoms with Gasteiger partial charge in [-0.3, -0.25) is 19.2 Å². The highest BCUT2D eigenvalue weighted by Crippen LogP contribution is 2.28. The molecule has 0 aliphatic rings. The molecule has 0 bridgehead atoms. The van der Waals surface area contributed by atoms with Gasteiger partial charge in [-0.2, -0.15) is 0 Å². The average molecular weight is 684 g/mol. The number of rotatable bonds is 17. The van der Waals surface area contributed by atoms with Gasteiger partial charge in [0.2, 0.25) is 5.91 Å². The summed E-state index contributed by atoms with van der Waals surface area (Å²) in [6.45, 7) is 3.81. The molecule has 4 atom stereocenters. The molecule has 1 amide bonds. The zero-order valence-corrected chi connectivity index (χ0v) is 29.4. The molecule has 262 valence electrons. The number of hydrogen-bond donors (Lipinski definition) is 2. The van der Waals surface area contributed by atoms with Gasteiger partial charge in [-0.1, -0.05) is 122 Å². The third-order valence-electron chi connectivity index (χ3n) is 9.59. The van der Waals surface area contributed by atoms with Gasteiger partial charge in [-0.25, -0.2) is 0 Å². The number of methoxy groups -OCH3 is 1. The van der Waals surface area contributed by atoms with Gasteiger partial charge >= 0.3 is 5.97 Å². The summed E-state index contributed by atoms with van der Waals surface area (Å²) in [7, 11) is 1.62. The van der Waals surface area contributed by atoms with Crippen LogP contribution in [0.25, 0.3) is 10.8 Å². The monoisotopic (exact) mass is 683 g/mol. The summed E-state index contributed by atoms with van der Waals surface area (Å²) < 4.78 is 5.35. The molecule has 0 aliphatic carbocycles. The Hall–Kier alpha value is -5.56. The normalized spacial score (nSPS) is 13.5. The number of carboxylic acids is 1. The zero-order chi connectivity index (χ0) is 36.3. The van der Waals surface area contributed by atoms with E-state index in [9.17, 15) is 24.3 Å². The van der Waals surface area contributed by atoms with Crippen LogP contribution in [0.4, 0.5) is 0 Å². The Morgan fingerprint density at radius 1 is 0.647 bits per heavy atom. The number of hydrogen-bond acceptors (Lipinski definition) is 5. The van der Waals surface area contributed by atoms with Crippen LogP contribution in [0.2, 0.25) is 0 Å². The molecule has 0 spiro atoms. The number of carbonyl (C=O) groups excluding carboxylic acids is 3. The summed E-state index contributed by atoms with van der Waals surface area (Å²) >= 11 is 0. The van der Waals surface area contributed by atoms with E-state index in [1.807, 2.05) is 135 Å². The Balaban J connectivity index is 1.37. The van der Waals surface area contributed by atoms with Gasteiger partial charge in [0.25, 0.3) is 0 Å². The number of aryl methyl sites for hydroxylation is 1. The highest BCUT2D eigenvalue weighted by molar-refractivity contribution is 5.95. The maximum Gasteiger partial charge on any atom is 0.307 e. The van der Waals surface area contributed by atoms with Crippen LogP contribution < -0.4 is 10.1 Å². The predicted molar refractivity (Wildman–Crippen MR) is 200 cm³/mol. The van der Waals surface area contributed by atoms with Crippen LogP contribution in [0, 0.1) is 18.8 Å². The molecule has 5 rings (SSSR count). The quantitative estimate of drug-likeness (QED) is 0.104. The molecule has 5 aromatic carbocycles. The van der Waals surface area contributed by atoms with Crippen LogP contribution in [0.15, 0.2) is 121 Å². The molecule has 5 aromatic rings. The van der Waals surface area contributed by atoms with Gasteiger partial charge in [0.15, 0.2) is 5.78 Å². The Morgan fingerprint density at radius 3 is 1.82 bits per heavy atom. The molecule has 0 aromatic heterocycles. The number of fused-ring (bicyclic) bond motifs is 1. The first-order valence-corrected chi connectivity index (χ1v) is 17.4. The van der Waals surface area contributed by atoms with E-state index in [4.69, 9.17) is 4.74 Å². The molecular weight excluding hydrogens is 638 g/mol. The van der Waals surface area contributed by atoms with E-state index in [0.29, 0.717) is 6.42 Å². The lowest BCUT2D eigenvalue weighted by molar-refractivity contribution is -0.144. The second-order valence-corrected chi connectivity index (χ2v) is 13.4. The van der Waals surface area contributed by atoms with Gasteiger partial charge in [-0.05, 0) is 71.3 Å². The summed E-state index contributed by atoms with van der Waals surface area (Å²) in [6.07, 6.45) is 0.430. The molecule has 0 saturated heterocycles. The lowest BCUT2D eigenvalue weighted by Crippen LogP contribution is -2.46. The van der Waals surface area contributed by atoms with Crippen molar-refractivity contribution in [1.82, 2.24) is 5.32 Å². The van der Waals surface area contributed by atoms with Crippen molar-refractivity contribution in [3.05, 3.63) is 149 Å². The SMILES string of the molecule is COc1ccc2cc([C@H](C)C(=O)C[C@H](Cc3ccccc3)C(=O)N[C@H](Cc3ccccc3)C(=O)C[C@H](Cc3ccc(C)cc3)C(=O)O)ccc2c1. The molecule has 0 fully saturated rings. The summed E-state index contributed by atoms with van der Waals surface area (Å²) in [4.78, 5) is 54.3. The Bertz CT molecular complexity index is 1960. The lowest BCUT2D eigenvalue weighted by Gasteiger charge is -2.24. The third kappa shape index (κ3) is 10.2. The smallest absolute Gasteiger partial charge is 0.307 e. The molecule has 0 saturated carbocycles. The van der Waals surface area contributed by atoms with E-state index in [0.717, 1.165) is 44.3 Å². The fourth-order valence-electron chi connectivity index (χ4n) is 6.43. The van der Waals surface area contributed by atoms with Gasteiger partial charge in [0.1, 0.15) is 11.5 Å². The van der Waals surface area contributed by atoms with Crippen LogP contribution in [-0.2, 0) is 38.4 Å². The van der Waals surface area contributed by atoms with Crippen molar-refractivity contribution in [2.24, 2.45) is 11.8 Å². The highest BCUT2D eigenvalue weighted by atomic mass is 16.5. The maximum atomic E-state index is 14.2. The lowest BCUT2D eigenvalue weighted by atomic mass is 9.86. The number of nitrogens with one attached hydrogen (secondary N) is 1. The Labute approximate surface area is 299 Å². The first-order valence-electron chi connectivity index (χ1n) is 17.4. The summed E-state index contributed by atoms with van der Waals surface area (Å²) in [6, 6.07) is 37.1. The first kappa shape index (κ1) is 36.7. The summed E-state index contributed by atoms with van der Waals surface area (Å²) in [5, 5.41) is 15.0. The van der Waals surface area contributed by atoms with E-state index < -0.39 is 35.7 Å². The Morgan fingerprint density at radius 2 is 1.20 bits per heavy atom. The van der Waals surface area contributed by atoms with Crippen LogP contribution in [-0.4, -0.2) is 41.7 Å². The molecule has 7 nitrogen and oxygen atoms in total. The van der Waals surface area contributed by atoms with Gasteiger partial charge in [-0.15, -0.1) is 0 Å². The topological polar surface area (TPSA) is 110 Å². The number of ketones is 2. The fraction of sp³-hybridized carbons (Fsp3) is 0.273. The first-order chi connectivity index (χ1) is 24.6. The highest BCUT2D eigenvalue weighted by Gasteiger charge is 2.32. The molecule has 0 heterocycles.